The van der Waals surface area contributed by atoms with Crippen LogP contribution in [0.1, 0.15) is 5.82 Å². The van der Waals surface area contributed by atoms with E-state index in [-0.39, 0.29) is 11.7 Å². The molecule has 0 atom stereocenters. The van der Waals surface area contributed by atoms with Gasteiger partial charge in [0.05, 0.1) is 17.1 Å². The molecule has 0 unspecified atom stereocenters. The van der Waals surface area contributed by atoms with E-state index in [1.165, 1.54) is 6.07 Å². The van der Waals surface area contributed by atoms with Crippen LogP contribution in [0.15, 0.2) is 45.3 Å². The minimum atomic E-state index is -0.348. The zero-order chi connectivity index (χ0) is 14.3. The number of fused-ring (bicyclic) bond motifs is 1. The number of rotatable bonds is 2. The molecule has 2 aromatic carbocycles. The Hall–Kier alpha value is -0.910. The van der Waals surface area contributed by atoms with E-state index in [4.69, 9.17) is 11.6 Å². The Morgan fingerprint density at radius 3 is 2.75 bits per heavy atom. The van der Waals surface area contributed by atoms with Gasteiger partial charge in [0, 0.05) is 8.95 Å². The summed E-state index contributed by atoms with van der Waals surface area (Å²) in [5.74, 6) is 0.455. The van der Waals surface area contributed by atoms with Crippen molar-refractivity contribution < 1.29 is 4.39 Å². The quantitative estimate of drug-likeness (QED) is 0.508. The highest BCUT2D eigenvalue weighted by Crippen LogP contribution is 2.30. The van der Waals surface area contributed by atoms with Gasteiger partial charge in [-0.25, -0.2) is 9.37 Å². The zero-order valence-electron chi connectivity index (χ0n) is 10.1. The fourth-order valence-electron chi connectivity index (χ4n) is 2.13. The molecule has 0 aliphatic rings. The van der Waals surface area contributed by atoms with Crippen LogP contribution in [-0.2, 0) is 5.88 Å². The topological polar surface area (TPSA) is 17.8 Å². The molecule has 0 bridgehead atoms. The van der Waals surface area contributed by atoms with E-state index < -0.39 is 0 Å². The number of alkyl halides is 1. The summed E-state index contributed by atoms with van der Waals surface area (Å²) in [6.07, 6.45) is 0. The average molecular weight is 418 g/mol. The molecule has 0 saturated carbocycles. The van der Waals surface area contributed by atoms with Gasteiger partial charge in [0.2, 0.25) is 0 Å². The van der Waals surface area contributed by atoms with Crippen LogP contribution in [0.3, 0.4) is 0 Å². The van der Waals surface area contributed by atoms with E-state index in [2.05, 4.69) is 36.8 Å². The third-order valence-corrected chi connectivity index (χ3v) is 4.38. The number of imidazole rings is 1. The molecule has 1 aromatic heterocycles. The van der Waals surface area contributed by atoms with Crippen molar-refractivity contribution in [2.75, 3.05) is 0 Å². The Labute approximate surface area is 136 Å². The predicted octanol–water partition coefficient (Wildman–Crippen LogP) is 5.43. The summed E-state index contributed by atoms with van der Waals surface area (Å²) in [5.41, 5.74) is 1.89. The highest BCUT2D eigenvalue weighted by Gasteiger charge is 2.16. The number of aromatic nitrogens is 2. The summed E-state index contributed by atoms with van der Waals surface area (Å²) in [7, 11) is 0. The Balaban J connectivity index is 2.40. The molecule has 0 saturated heterocycles. The lowest BCUT2D eigenvalue weighted by Crippen LogP contribution is -2.00. The van der Waals surface area contributed by atoms with Gasteiger partial charge in [0.1, 0.15) is 11.3 Å². The van der Waals surface area contributed by atoms with E-state index in [1.807, 2.05) is 28.8 Å². The smallest absolute Gasteiger partial charge is 0.151 e. The van der Waals surface area contributed by atoms with Crippen LogP contribution in [0.25, 0.3) is 16.7 Å². The molecule has 3 rings (SSSR count). The number of para-hydroxylation sites is 1. The molecule has 0 fully saturated rings. The minimum Gasteiger partial charge on any atom is -0.294 e. The van der Waals surface area contributed by atoms with Gasteiger partial charge in [0.25, 0.3) is 0 Å². The predicted molar refractivity (Wildman–Crippen MR) is 86.0 cm³/mol. The van der Waals surface area contributed by atoms with Crippen molar-refractivity contribution >= 4 is 54.5 Å². The lowest BCUT2D eigenvalue weighted by atomic mass is 10.2. The largest absolute Gasteiger partial charge is 0.294 e. The molecule has 0 aliphatic carbocycles. The zero-order valence-corrected chi connectivity index (χ0v) is 14.0. The molecule has 0 amide bonds. The van der Waals surface area contributed by atoms with Gasteiger partial charge in [-0.05, 0) is 46.3 Å². The average Bonchev–Trinajstić information content (AvgIpc) is 2.81. The maximum absolute atomic E-state index is 13.9. The van der Waals surface area contributed by atoms with Crippen LogP contribution in [-0.4, -0.2) is 9.55 Å². The van der Waals surface area contributed by atoms with Gasteiger partial charge in [0.15, 0.2) is 5.82 Å². The second-order valence-electron chi connectivity index (χ2n) is 4.20. The van der Waals surface area contributed by atoms with Gasteiger partial charge in [-0.1, -0.05) is 22.0 Å². The third kappa shape index (κ3) is 2.28. The van der Waals surface area contributed by atoms with Crippen molar-refractivity contribution in [3.63, 3.8) is 0 Å². The van der Waals surface area contributed by atoms with Crippen molar-refractivity contribution in [1.29, 1.82) is 0 Å². The van der Waals surface area contributed by atoms with Crippen molar-refractivity contribution in [2.45, 2.75) is 5.88 Å². The maximum atomic E-state index is 13.9. The Morgan fingerprint density at radius 2 is 2.00 bits per heavy atom. The normalized spacial score (nSPS) is 11.2. The number of halogens is 4. The lowest BCUT2D eigenvalue weighted by Gasteiger charge is -2.10. The van der Waals surface area contributed by atoms with E-state index in [0.29, 0.717) is 16.9 Å². The molecule has 0 radical (unpaired) electrons. The monoisotopic (exact) mass is 416 g/mol. The molecular weight excluding hydrogens is 410 g/mol. The first kappa shape index (κ1) is 14.0. The van der Waals surface area contributed by atoms with E-state index in [0.717, 1.165) is 14.6 Å². The Morgan fingerprint density at radius 1 is 1.20 bits per heavy atom. The van der Waals surface area contributed by atoms with E-state index in [1.54, 1.807) is 6.07 Å². The highest BCUT2D eigenvalue weighted by atomic mass is 79.9. The van der Waals surface area contributed by atoms with Crippen LogP contribution in [0.4, 0.5) is 4.39 Å². The van der Waals surface area contributed by atoms with Crippen molar-refractivity contribution in [1.82, 2.24) is 9.55 Å². The summed E-state index contributed by atoms with van der Waals surface area (Å²) in [6, 6.07) is 10.7. The third-order valence-electron chi connectivity index (χ3n) is 2.97. The molecule has 0 N–H and O–H groups in total. The first-order chi connectivity index (χ1) is 9.61. The van der Waals surface area contributed by atoms with Gasteiger partial charge < -0.3 is 0 Å². The fourth-order valence-corrected chi connectivity index (χ4v) is 3.08. The van der Waals surface area contributed by atoms with Crippen molar-refractivity contribution in [2.24, 2.45) is 0 Å². The van der Waals surface area contributed by atoms with Gasteiger partial charge in [-0.3, -0.25) is 4.57 Å². The van der Waals surface area contributed by atoms with Crippen LogP contribution in [0.5, 0.6) is 0 Å². The molecule has 0 spiro atoms. The van der Waals surface area contributed by atoms with Crippen LogP contribution in [0.2, 0.25) is 0 Å². The maximum Gasteiger partial charge on any atom is 0.151 e. The summed E-state index contributed by atoms with van der Waals surface area (Å²) in [6.45, 7) is 0. The highest BCUT2D eigenvalue weighted by molar-refractivity contribution is 9.11. The van der Waals surface area contributed by atoms with Gasteiger partial charge in [-0.2, -0.15) is 0 Å². The summed E-state index contributed by atoms with van der Waals surface area (Å²) in [4.78, 5) is 4.30. The van der Waals surface area contributed by atoms with Gasteiger partial charge >= 0.3 is 0 Å². The van der Waals surface area contributed by atoms with Crippen LogP contribution in [0, 0.1) is 5.82 Å². The Kier molecular flexibility index (Phi) is 3.84. The Bertz CT molecular complexity index is 801. The first-order valence-corrected chi connectivity index (χ1v) is 7.91. The molecule has 6 heteroatoms. The standard InChI is InChI=1S/C14H8Br2ClFN2/c15-8-4-5-9(16)12(6-8)20-11-3-1-2-10(18)14(11)19-13(20)7-17/h1-6H,7H2. The molecule has 1 heterocycles. The van der Waals surface area contributed by atoms with E-state index >= 15 is 0 Å². The van der Waals surface area contributed by atoms with Crippen molar-refractivity contribution in [3.05, 3.63) is 57.0 Å². The molecule has 2 nitrogen and oxygen atoms in total. The van der Waals surface area contributed by atoms with Crippen LogP contribution < -0.4 is 0 Å². The fraction of sp³-hybridized carbons (Fsp3) is 0.0714. The summed E-state index contributed by atoms with van der Waals surface area (Å²) >= 11 is 12.9. The summed E-state index contributed by atoms with van der Waals surface area (Å²) in [5, 5.41) is 0. The van der Waals surface area contributed by atoms with Crippen molar-refractivity contribution in [3.8, 4) is 5.69 Å². The molecule has 0 aliphatic heterocycles. The van der Waals surface area contributed by atoms with Crippen LogP contribution >= 0.6 is 43.5 Å². The lowest BCUT2D eigenvalue weighted by molar-refractivity contribution is 0.637. The SMILES string of the molecule is Fc1cccc2c1nc(CCl)n2-c1cc(Br)ccc1Br. The minimum absolute atomic E-state index is 0.201. The number of nitrogens with zero attached hydrogens (tertiary/aromatic N) is 2. The molecule has 3 aromatic rings. The van der Waals surface area contributed by atoms with Gasteiger partial charge in [-0.15, -0.1) is 11.6 Å². The molecule has 102 valence electrons. The second kappa shape index (κ2) is 5.47. The molecule has 20 heavy (non-hydrogen) atoms. The number of benzene rings is 2. The number of hydrogen-bond acceptors (Lipinski definition) is 1. The summed E-state index contributed by atoms with van der Waals surface area (Å²) < 4.78 is 17.5. The second-order valence-corrected chi connectivity index (χ2v) is 6.24. The first-order valence-electron chi connectivity index (χ1n) is 5.79. The molecular formula is C14H8Br2ClFN2. The number of hydrogen-bond donors (Lipinski definition) is 0. The van der Waals surface area contributed by atoms with E-state index in [9.17, 15) is 4.39 Å².